The van der Waals surface area contributed by atoms with Crippen molar-refractivity contribution in [1.82, 2.24) is 4.90 Å². The topological polar surface area (TPSA) is 38.5 Å². The molecule has 3 nitrogen and oxygen atoms in total. The lowest BCUT2D eigenvalue weighted by Crippen LogP contribution is -2.42. The Bertz CT molecular complexity index is 836. The SMILES string of the molecule is CC1=C(C)C2=C(N)C(C)(CN3CCC(c4ccccc4)CC3)CC2=C(C)O1.Cl.Cl. The van der Waals surface area contributed by atoms with E-state index in [1.807, 2.05) is 6.92 Å². The number of rotatable bonds is 3. The smallest absolute Gasteiger partial charge is 0.104 e. The van der Waals surface area contributed by atoms with E-state index in [9.17, 15) is 0 Å². The number of benzene rings is 1. The maximum Gasteiger partial charge on any atom is 0.104 e. The summed E-state index contributed by atoms with van der Waals surface area (Å²) in [6, 6.07) is 11.0. The minimum absolute atomic E-state index is 0. The van der Waals surface area contributed by atoms with Gasteiger partial charge in [-0.25, -0.2) is 0 Å². The Hall–Kier alpha value is -1.42. The summed E-state index contributed by atoms with van der Waals surface area (Å²) in [7, 11) is 0. The molecule has 1 saturated heterocycles. The zero-order valence-electron chi connectivity index (χ0n) is 18.0. The number of likely N-dealkylation sites (tertiary alicyclic amines) is 1. The van der Waals surface area contributed by atoms with Crippen LogP contribution >= 0.6 is 24.8 Å². The van der Waals surface area contributed by atoms with Crippen molar-refractivity contribution >= 4 is 24.8 Å². The van der Waals surface area contributed by atoms with Gasteiger partial charge in [0, 0.05) is 28.8 Å². The van der Waals surface area contributed by atoms with Gasteiger partial charge in [-0.1, -0.05) is 37.3 Å². The number of nitrogens with zero attached hydrogens (tertiary/aromatic N) is 1. The van der Waals surface area contributed by atoms with E-state index in [4.69, 9.17) is 10.5 Å². The van der Waals surface area contributed by atoms with E-state index in [0.717, 1.165) is 43.3 Å². The van der Waals surface area contributed by atoms with Crippen molar-refractivity contribution in [2.45, 2.75) is 52.9 Å². The maximum absolute atomic E-state index is 6.75. The summed E-state index contributed by atoms with van der Waals surface area (Å²) in [5.41, 5.74) is 13.1. The van der Waals surface area contributed by atoms with Crippen LogP contribution in [-0.4, -0.2) is 24.5 Å². The van der Waals surface area contributed by atoms with Crippen molar-refractivity contribution in [3.05, 3.63) is 69.8 Å². The Balaban J connectivity index is 0.00000150. The average molecular weight is 437 g/mol. The minimum Gasteiger partial charge on any atom is -0.466 e. The number of ether oxygens (including phenoxy) is 1. The monoisotopic (exact) mass is 436 g/mol. The van der Waals surface area contributed by atoms with Gasteiger partial charge in [-0.05, 0) is 70.2 Å². The third kappa shape index (κ3) is 4.38. The van der Waals surface area contributed by atoms with Crippen molar-refractivity contribution in [1.29, 1.82) is 0 Å². The number of hydrogen-bond acceptors (Lipinski definition) is 3. The van der Waals surface area contributed by atoms with Gasteiger partial charge in [0.05, 0.1) is 0 Å². The molecule has 29 heavy (non-hydrogen) atoms. The summed E-state index contributed by atoms with van der Waals surface area (Å²) in [6.07, 6.45) is 3.46. The molecule has 1 aliphatic carbocycles. The molecule has 1 unspecified atom stereocenters. The lowest BCUT2D eigenvalue weighted by molar-refractivity contribution is 0.155. The van der Waals surface area contributed by atoms with Gasteiger partial charge in [-0.3, -0.25) is 0 Å². The number of piperidine rings is 1. The van der Waals surface area contributed by atoms with Crippen LogP contribution in [0, 0.1) is 5.41 Å². The fraction of sp³-hybridized carbons (Fsp3) is 0.500. The van der Waals surface area contributed by atoms with Gasteiger partial charge in [0.25, 0.3) is 0 Å². The van der Waals surface area contributed by atoms with E-state index >= 15 is 0 Å². The third-order valence-corrected chi connectivity index (χ3v) is 6.85. The second-order valence-electron chi connectivity index (χ2n) is 8.81. The number of hydrogen-bond donors (Lipinski definition) is 1. The molecule has 2 heterocycles. The van der Waals surface area contributed by atoms with Gasteiger partial charge >= 0.3 is 0 Å². The summed E-state index contributed by atoms with van der Waals surface area (Å²) >= 11 is 0. The highest BCUT2D eigenvalue weighted by atomic mass is 35.5. The maximum atomic E-state index is 6.75. The van der Waals surface area contributed by atoms with Crippen LogP contribution in [0.5, 0.6) is 0 Å². The molecule has 0 radical (unpaired) electrons. The molecular weight excluding hydrogens is 403 g/mol. The van der Waals surface area contributed by atoms with Crippen LogP contribution in [0.15, 0.2) is 64.3 Å². The lowest BCUT2D eigenvalue weighted by Gasteiger charge is -2.38. The molecule has 0 saturated carbocycles. The number of nitrogens with two attached hydrogens (primary N) is 1. The van der Waals surface area contributed by atoms with Crippen LogP contribution in [0.1, 0.15) is 58.4 Å². The average Bonchev–Trinajstić information content (AvgIpc) is 2.93. The zero-order chi connectivity index (χ0) is 19.2. The van der Waals surface area contributed by atoms with Gasteiger partial charge in [0.1, 0.15) is 11.5 Å². The third-order valence-electron chi connectivity index (χ3n) is 6.85. The molecule has 3 aliphatic rings. The van der Waals surface area contributed by atoms with Gasteiger partial charge in [-0.15, -0.1) is 24.8 Å². The molecule has 1 fully saturated rings. The van der Waals surface area contributed by atoms with Crippen LogP contribution in [-0.2, 0) is 4.74 Å². The Morgan fingerprint density at radius 2 is 1.66 bits per heavy atom. The molecule has 4 rings (SSSR count). The van der Waals surface area contributed by atoms with Crippen molar-refractivity contribution < 1.29 is 4.74 Å². The molecule has 1 aromatic carbocycles. The Kier molecular flexibility index (Phi) is 7.53. The predicted octanol–water partition coefficient (Wildman–Crippen LogP) is 5.93. The quantitative estimate of drug-likeness (QED) is 0.637. The van der Waals surface area contributed by atoms with E-state index in [2.05, 4.69) is 56.0 Å². The zero-order valence-corrected chi connectivity index (χ0v) is 19.6. The van der Waals surface area contributed by atoms with E-state index in [0.29, 0.717) is 5.92 Å². The van der Waals surface area contributed by atoms with Crippen LogP contribution in [0.2, 0.25) is 0 Å². The fourth-order valence-corrected chi connectivity index (χ4v) is 5.09. The van der Waals surface area contributed by atoms with Crippen molar-refractivity contribution in [2.75, 3.05) is 19.6 Å². The van der Waals surface area contributed by atoms with Crippen LogP contribution < -0.4 is 5.73 Å². The molecular formula is C24H34Cl2N2O. The first-order valence-electron chi connectivity index (χ1n) is 10.2. The second kappa shape index (κ2) is 9.16. The summed E-state index contributed by atoms with van der Waals surface area (Å²) in [6.45, 7) is 11.9. The Labute approximate surface area is 187 Å². The van der Waals surface area contributed by atoms with Crippen LogP contribution in [0.4, 0.5) is 0 Å². The first-order valence-corrected chi connectivity index (χ1v) is 10.2. The number of halogens is 2. The standard InChI is InChI=1S/C24H32N2O.2ClH/c1-16-17(2)27-18(3)21-14-24(4,23(25)22(16)21)15-26-12-10-20(11-13-26)19-8-6-5-7-9-19;;/h5-9,20H,10-15,25H2,1-4H3;2*1H. The van der Waals surface area contributed by atoms with E-state index < -0.39 is 0 Å². The molecule has 2 N–H and O–H groups in total. The summed E-state index contributed by atoms with van der Waals surface area (Å²) < 4.78 is 5.96. The van der Waals surface area contributed by atoms with Crippen molar-refractivity contribution in [2.24, 2.45) is 11.1 Å². The number of allylic oxidation sites excluding steroid dienone is 5. The van der Waals surface area contributed by atoms with Crippen LogP contribution in [0.25, 0.3) is 0 Å². The molecule has 2 aliphatic heterocycles. The Morgan fingerprint density at radius 3 is 2.28 bits per heavy atom. The normalized spacial score (nSPS) is 25.4. The summed E-state index contributed by atoms with van der Waals surface area (Å²) in [5, 5.41) is 0. The molecule has 0 amide bonds. The largest absolute Gasteiger partial charge is 0.466 e. The van der Waals surface area contributed by atoms with Crippen molar-refractivity contribution in [3.63, 3.8) is 0 Å². The summed E-state index contributed by atoms with van der Waals surface area (Å²) in [4.78, 5) is 2.62. The fourth-order valence-electron chi connectivity index (χ4n) is 5.09. The molecule has 160 valence electrons. The van der Waals surface area contributed by atoms with E-state index in [1.54, 1.807) is 0 Å². The molecule has 0 aromatic heterocycles. The van der Waals surface area contributed by atoms with E-state index in [1.165, 1.54) is 35.1 Å². The van der Waals surface area contributed by atoms with Gasteiger partial charge in [0.2, 0.25) is 0 Å². The van der Waals surface area contributed by atoms with Gasteiger partial charge in [-0.2, -0.15) is 0 Å². The predicted molar refractivity (Wildman–Crippen MR) is 125 cm³/mol. The first kappa shape index (κ1) is 23.9. The summed E-state index contributed by atoms with van der Waals surface area (Å²) in [5.74, 6) is 2.72. The van der Waals surface area contributed by atoms with E-state index in [-0.39, 0.29) is 30.2 Å². The lowest BCUT2D eigenvalue weighted by atomic mass is 9.84. The second-order valence-corrected chi connectivity index (χ2v) is 8.81. The number of fused-ring (bicyclic) bond motifs is 1. The van der Waals surface area contributed by atoms with Crippen LogP contribution in [0.3, 0.4) is 0 Å². The van der Waals surface area contributed by atoms with Gasteiger partial charge in [0.15, 0.2) is 0 Å². The molecule has 0 bridgehead atoms. The molecule has 1 atom stereocenters. The molecule has 0 spiro atoms. The van der Waals surface area contributed by atoms with Crippen molar-refractivity contribution in [3.8, 4) is 0 Å². The molecule has 1 aromatic rings. The highest BCUT2D eigenvalue weighted by molar-refractivity contribution is 5.85. The van der Waals surface area contributed by atoms with Gasteiger partial charge < -0.3 is 15.4 Å². The Morgan fingerprint density at radius 1 is 1.03 bits per heavy atom. The highest BCUT2D eigenvalue weighted by Gasteiger charge is 2.43. The molecule has 5 heteroatoms. The highest BCUT2D eigenvalue weighted by Crippen LogP contribution is 2.50. The minimum atomic E-state index is 0. The first-order chi connectivity index (χ1) is 12.9.